The first-order valence-corrected chi connectivity index (χ1v) is 13.2. The highest BCUT2D eigenvalue weighted by molar-refractivity contribution is 5.97. The van der Waals surface area contributed by atoms with Gasteiger partial charge in [0, 0.05) is 25.5 Å². The molecule has 11 nitrogen and oxygen atoms in total. The number of ether oxygens (including phenoxy) is 2. The zero-order valence-electron chi connectivity index (χ0n) is 24.2. The molecule has 1 heterocycles. The molecule has 1 atom stereocenters. The van der Waals surface area contributed by atoms with Crippen molar-refractivity contribution >= 4 is 18.2 Å². The highest BCUT2D eigenvalue weighted by Gasteiger charge is 2.12. The number of nitrogens with two attached hydrogens (primary N) is 1. The summed E-state index contributed by atoms with van der Waals surface area (Å²) in [6, 6.07) is 22.1. The molecular weight excluding hydrogens is 536 g/mol. The van der Waals surface area contributed by atoms with Gasteiger partial charge in [-0.25, -0.2) is 4.99 Å². The second kappa shape index (κ2) is 16.3. The van der Waals surface area contributed by atoms with Gasteiger partial charge in [0.05, 0.1) is 20.6 Å². The number of methoxy groups -OCH3 is 2. The van der Waals surface area contributed by atoms with E-state index in [1.807, 2.05) is 49.5 Å². The minimum Gasteiger partial charge on any atom is -0.493 e. The van der Waals surface area contributed by atoms with Gasteiger partial charge in [0.1, 0.15) is 12.3 Å². The predicted octanol–water partition coefficient (Wildman–Crippen LogP) is 3.25. The Bertz CT molecular complexity index is 1470. The molecular formula is C31H36N6O5. The molecule has 4 N–H and O–H groups in total. The average molecular weight is 573 g/mol. The highest BCUT2D eigenvalue weighted by atomic mass is 16.5. The van der Waals surface area contributed by atoms with Crippen molar-refractivity contribution in [1.82, 2.24) is 20.8 Å². The van der Waals surface area contributed by atoms with E-state index in [1.165, 1.54) is 12.7 Å². The van der Waals surface area contributed by atoms with E-state index in [0.29, 0.717) is 35.9 Å². The molecule has 0 fully saturated rings. The van der Waals surface area contributed by atoms with Gasteiger partial charge in [-0.1, -0.05) is 59.8 Å². The van der Waals surface area contributed by atoms with Gasteiger partial charge in [-0.2, -0.15) is 4.98 Å². The summed E-state index contributed by atoms with van der Waals surface area (Å²) < 4.78 is 15.3. The molecule has 0 saturated carbocycles. The van der Waals surface area contributed by atoms with Gasteiger partial charge in [-0.3, -0.25) is 10.1 Å². The number of benzene rings is 3. The molecule has 220 valence electrons. The van der Waals surface area contributed by atoms with Crippen molar-refractivity contribution in [2.45, 2.75) is 32.4 Å². The van der Waals surface area contributed by atoms with Gasteiger partial charge in [-0.15, -0.1) is 0 Å². The zero-order chi connectivity index (χ0) is 30.3. The average Bonchev–Trinajstić information content (AvgIpc) is 3.44. The second-order valence-corrected chi connectivity index (χ2v) is 9.19. The van der Waals surface area contributed by atoms with Crippen LogP contribution in [0.4, 0.5) is 0 Å². The number of amides is 1. The Morgan fingerprint density at radius 2 is 1.74 bits per heavy atom. The van der Waals surface area contributed by atoms with Crippen LogP contribution in [0.2, 0.25) is 0 Å². The lowest BCUT2D eigenvalue weighted by Crippen LogP contribution is -2.39. The van der Waals surface area contributed by atoms with Crippen molar-refractivity contribution < 1.29 is 23.6 Å². The van der Waals surface area contributed by atoms with Crippen LogP contribution in [0.5, 0.6) is 11.5 Å². The van der Waals surface area contributed by atoms with E-state index in [2.05, 4.69) is 37.9 Å². The molecule has 0 aliphatic heterocycles. The summed E-state index contributed by atoms with van der Waals surface area (Å²) >= 11 is 0. The van der Waals surface area contributed by atoms with Crippen molar-refractivity contribution in [3.63, 3.8) is 0 Å². The van der Waals surface area contributed by atoms with Crippen LogP contribution in [0.3, 0.4) is 0 Å². The number of aliphatic imine (C=N–C) groups is 1. The number of aryl methyl sites for hydroxylation is 1. The molecule has 4 rings (SSSR count). The summed E-state index contributed by atoms with van der Waals surface area (Å²) in [5.74, 6) is 1.92. The molecule has 1 aromatic heterocycles. The first-order valence-electron chi connectivity index (χ1n) is 13.2. The van der Waals surface area contributed by atoms with E-state index < -0.39 is 6.04 Å². The monoisotopic (exact) mass is 572 g/mol. The highest BCUT2D eigenvalue weighted by Crippen LogP contribution is 2.27. The Labute approximate surface area is 245 Å². The first kappa shape index (κ1) is 31.5. The molecule has 3 aromatic carbocycles. The summed E-state index contributed by atoms with van der Waals surface area (Å²) in [6.07, 6.45) is 1.21. The van der Waals surface area contributed by atoms with Crippen LogP contribution in [-0.4, -0.2) is 55.6 Å². The van der Waals surface area contributed by atoms with Crippen LogP contribution >= 0.6 is 0 Å². The molecule has 0 saturated heterocycles. The zero-order valence-corrected chi connectivity index (χ0v) is 24.2. The smallest absolute Gasteiger partial charge is 0.231 e. The number of nitrogens with zero attached hydrogens (tertiary/aromatic N) is 3. The van der Waals surface area contributed by atoms with E-state index in [9.17, 15) is 9.59 Å². The molecule has 0 aliphatic carbocycles. The number of aldehydes is 1. The maximum Gasteiger partial charge on any atom is 0.231 e. The van der Waals surface area contributed by atoms with Crippen LogP contribution in [-0.2, 0) is 29.0 Å². The van der Waals surface area contributed by atoms with Crippen molar-refractivity contribution in [2.24, 2.45) is 10.7 Å². The maximum atomic E-state index is 12.2. The first-order chi connectivity index (χ1) is 20.3. The Balaban J connectivity index is 0.000000271. The Morgan fingerprint density at radius 3 is 2.38 bits per heavy atom. The standard InChI is InChI=1S/C20H23N3O4.C11H13N3O/c1-26-17-9-8-15(11-18(17)27-2)12-19(25)23-20(21)22-16(13-24)10-14-6-4-3-5-7-14;1-8-13-11(14-15-8)10-5-3-4-9(6-10)7-12-2/h3-9,11,13,16H,10,12H2,1-2H3,(H3,21,22,23,25);3-6,12H,7H2,1-2H3/t16-;/m1./s1. The SMILES string of the molecule is CNCc1cccc(-c2noc(C)n2)c1.COc1ccc(CC(=O)NC(N)=N[C@@H](C=O)Cc2ccccc2)cc1OC. The summed E-state index contributed by atoms with van der Waals surface area (Å²) in [7, 11) is 4.99. The number of carbonyl (C=O) groups excluding carboxylic acids is 2. The predicted molar refractivity (Wildman–Crippen MR) is 160 cm³/mol. The molecule has 1 amide bonds. The van der Waals surface area contributed by atoms with E-state index in [1.54, 1.807) is 32.2 Å². The Hall–Kier alpha value is -5.03. The van der Waals surface area contributed by atoms with Gasteiger partial charge >= 0.3 is 0 Å². The number of rotatable bonds is 11. The van der Waals surface area contributed by atoms with Crippen LogP contribution < -0.4 is 25.8 Å². The van der Waals surface area contributed by atoms with Crippen LogP contribution in [0.25, 0.3) is 11.4 Å². The largest absolute Gasteiger partial charge is 0.493 e. The quantitative estimate of drug-likeness (QED) is 0.140. The number of aromatic nitrogens is 2. The molecule has 0 radical (unpaired) electrons. The van der Waals surface area contributed by atoms with Gasteiger partial charge < -0.3 is 29.8 Å². The lowest BCUT2D eigenvalue weighted by atomic mass is 10.1. The lowest BCUT2D eigenvalue weighted by molar-refractivity contribution is -0.119. The van der Waals surface area contributed by atoms with Crippen LogP contribution in [0.15, 0.2) is 82.3 Å². The topological polar surface area (TPSA) is 154 Å². The molecule has 4 aromatic rings. The number of hydrogen-bond donors (Lipinski definition) is 3. The fourth-order valence-electron chi connectivity index (χ4n) is 3.99. The molecule has 42 heavy (non-hydrogen) atoms. The van der Waals surface area contributed by atoms with Gasteiger partial charge in [0.15, 0.2) is 17.5 Å². The maximum absolute atomic E-state index is 12.2. The van der Waals surface area contributed by atoms with Crippen LogP contribution in [0.1, 0.15) is 22.6 Å². The third-order valence-electron chi connectivity index (χ3n) is 5.92. The van der Waals surface area contributed by atoms with Crippen molar-refractivity contribution in [3.8, 4) is 22.9 Å². The summed E-state index contributed by atoms with van der Waals surface area (Å²) in [6.45, 7) is 2.62. The third kappa shape index (κ3) is 9.86. The van der Waals surface area contributed by atoms with Gasteiger partial charge in [0.2, 0.25) is 17.6 Å². The van der Waals surface area contributed by atoms with Crippen molar-refractivity contribution in [1.29, 1.82) is 0 Å². The van der Waals surface area contributed by atoms with E-state index in [-0.39, 0.29) is 18.3 Å². The molecule has 0 aliphatic rings. The molecule has 0 bridgehead atoms. The minimum atomic E-state index is -0.659. The van der Waals surface area contributed by atoms with Crippen LogP contribution in [0, 0.1) is 6.92 Å². The molecule has 0 spiro atoms. The Morgan fingerprint density at radius 1 is 1.00 bits per heavy atom. The summed E-state index contributed by atoms with van der Waals surface area (Å²) in [5.41, 5.74) is 9.66. The van der Waals surface area contributed by atoms with E-state index >= 15 is 0 Å². The molecule has 0 unspecified atom stereocenters. The lowest BCUT2D eigenvalue weighted by Gasteiger charge is -2.11. The van der Waals surface area contributed by atoms with Gasteiger partial charge in [-0.05, 0) is 41.9 Å². The second-order valence-electron chi connectivity index (χ2n) is 9.19. The molecule has 11 heteroatoms. The van der Waals surface area contributed by atoms with E-state index in [4.69, 9.17) is 19.7 Å². The fourth-order valence-corrected chi connectivity index (χ4v) is 3.99. The number of nitrogens with one attached hydrogen (secondary N) is 2. The summed E-state index contributed by atoms with van der Waals surface area (Å²) in [5, 5.41) is 9.49. The normalized spacial score (nSPS) is 11.6. The van der Waals surface area contributed by atoms with Gasteiger partial charge in [0.25, 0.3) is 0 Å². The number of hydrogen-bond acceptors (Lipinski definition) is 9. The fraction of sp³-hybridized carbons (Fsp3) is 0.258. The number of carbonyl (C=O) groups is 2. The minimum absolute atomic E-state index is 0.0843. The van der Waals surface area contributed by atoms with Crippen molar-refractivity contribution in [3.05, 3.63) is 95.4 Å². The number of guanidine groups is 1. The van der Waals surface area contributed by atoms with E-state index in [0.717, 1.165) is 23.2 Å². The van der Waals surface area contributed by atoms with Crippen molar-refractivity contribution in [2.75, 3.05) is 21.3 Å². The third-order valence-corrected chi connectivity index (χ3v) is 5.92. The Kier molecular flexibility index (Phi) is 12.2. The summed E-state index contributed by atoms with van der Waals surface area (Å²) in [4.78, 5) is 31.7.